The van der Waals surface area contributed by atoms with Crippen LogP contribution in [0.1, 0.15) is 43.5 Å². The summed E-state index contributed by atoms with van der Waals surface area (Å²) in [5.41, 5.74) is 6.09. The summed E-state index contributed by atoms with van der Waals surface area (Å²) in [7, 11) is 0. The molecule has 106 valence electrons. The zero-order chi connectivity index (χ0) is 14.1. The van der Waals surface area contributed by atoms with Crippen LogP contribution in [0.25, 0.3) is 0 Å². The first-order chi connectivity index (χ1) is 9.17. The molecule has 0 bridgehead atoms. The van der Waals surface area contributed by atoms with Crippen molar-refractivity contribution in [2.24, 2.45) is 5.73 Å². The molecule has 0 fully saturated rings. The van der Waals surface area contributed by atoms with Crippen molar-refractivity contribution in [1.82, 2.24) is 5.32 Å². The summed E-state index contributed by atoms with van der Waals surface area (Å²) in [5, 5.41) is 2.82. The van der Waals surface area contributed by atoms with Crippen LogP contribution >= 0.6 is 0 Å². The fraction of sp³-hybridized carbons (Fsp3) is 0.533. The van der Waals surface area contributed by atoms with Gasteiger partial charge in [-0.3, -0.25) is 4.79 Å². The number of hydrogen-bond acceptors (Lipinski definition) is 3. The van der Waals surface area contributed by atoms with Crippen LogP contribution in [-0.2, 0) is 0 Å². The Kier molecular flexibility index (Phi) is 6.97. The highest BCUT2D eigenvalue weighted by Crippen LogP contribution is 2.13. The van der Waals surface area contributed by atoms with Gasteiger partial charge in [0.05, 0.1) is 6.61 Å². The Hall–Kier alpha value is -1.55. The number of carbonyl (C=O) groups excluding carboxylic acids is 1. The van der Waals surface area contributed by atoms with Crippen LogP contribution in [0, 0.1) is 0 Å². The van der Waals surface area contributed by atoms with E-state index < -0.39 is 0 Å². The topological polar surface area (TPSA) is 64.3 Å². The number of amides is 1. The first-order valence-electron chi connectivity index (χ1n) is 6.91. The van der Waals surface area contributed by atoms with E-state index in [9.17, 15) is 4.79 Å². The van der Waals surface area contributed by atoms with E-state index in [0.29, 0.717) is 12.1 Å². The number of nitrogens with two attached hydrogens (primary N) is 1. The van der Waals surface area contributed by atoms with Gasteiger partial charge < -0.3 is 15.8 Å². The molecule has 0 heterocycles. The lowest BCUT2D eigenvalue weighted by atomic mass is 10.2. The van der Waals surface area contributed by atoms with Crippen molar-refractivity contribution in [2.45, 2.75) is 39.2 Å². The van der Waals surface area contributed by atoms with Crippen LogP contribution < -0.4 is 15.8 Å². The summed E-state index contributed by atoms with van der Waals surface area (Å²) in [6, 6.07) is 7.18. The average Bonchev–Trinajstić information content (AvgIpc) is 2.44. The molecule has 0 radical (unpaired) electrons. The standard InChI is InChI=1S/C15H24N2O2/c1-3-4-5-10-19-14-8-6-13(7-9-14)15(18)17-12(2)11-16/h6-9,12H,3-5,10-11,16H2,1-2H3,(H,17,18)/t12-/m0/s1. The third kappa shape index (κ3) is 5.75. The molecule has 0 saturated carbocycles. The number of rotatable bonds is 8. The van der Waals surface area contributed by atoms with E-state index in [4.69, 9.17) is 10.5 Å². The van der Waals surface area contributed by atoms with Crippen LogP contribution in [-0.4, -0.2) is 25.1 Å². The van der Waals surface area contributed by atoms with Gasteiger partial charge in [0, 0.05) is 18.2 Å². The van der Waals surface area contributed by atoms with Crippen molar-refractivity contribution in [2.75, 3.05) is 13.2 Å². The molecule has 1 atom stereocenters. The highest BCUT2D eigenvalue weighted by atomic mass is 16.5. The molecule has 1 rings (SSSR count). The normalized spacial score (nSPS) is 11.9. The Morgan fingerprint density at radius 1 is 1.32 bits per heavy atom. The summed E-state index contributed by atoms with van der Waals surface area (Å²) in [6.45, 7) is 5.20. The Labute approximate surface area is 115 Å². The second-order valence-corrected chi connectivity index (χ2v) is 4.69. The summed E-state index contributed by atoms with van der Waals surface area (Å²) in [5.74, 6) is 0.704. The molecule has 4 heteroatoms. The Morgan fingerprint density at radius 2 is 2.00 bits per heavy atom. The lowest BCUT2D eigenvalue weighted by molar-refractivity contribution is 0.0941. The minimum atomic E-state index is -0.101. The van der Waals surface area contributed by atoms with Crippen molar-refractivity contribution in [3.8, 4) is 5.75 Å². The van der Waals surface area contributed by atoms with Crippen LogP contribution in [0.4, 0.5) is 0 Å². The lowest BCUT2D eigenvalue weighted by Gasteiger charge is -2.11. The van der Waals surface area contributed by atoms with E-state index in [1.165, 1.54) is 12.8 Å². The van der Waals surface area contributed by atoms with Gasteiger partial charge in [-0.1, -0.05) is 19.8 Å². The fourth-order valence-electron chi connectivity index (χ4n) is 1.61. The van der Waals surface area contributed by atoms with Gasteiger partial charge in [0.15, 0.2) is 0 Å². The fourth-order valence-corrected chi connectivity index (χ4v) is 1.61. The summed E-state index contributed by atoms with van der Waals surface area (Å²) >= 11 is 0. The highest BCUT2D eigenvalue weighted by Gasteiger charge is 2.08. The first kappa shape index (κ1) is 15.5. The maximum absolute atomic E-state index is 11.8. The van der Waals surface area contributed by atoms with Crippen molar-refractivity contribution in [1.29, 1.82) is 0 Å². The molecule has 0 aliphatic carbocycles. The molecule has 0 spiro atoms. The van der Waals surface area contributed by atoms with Gasteiger partial charge >= 0.3 is 0 Å². The molecule has 1 aromatic rings. The number of benzene rings is 1. The summed E-state index contributed by atoms with van der Waals surface area (Å²) < 4.78 is 5.59. The molecule has 19 heavy (non-hydrogen) atoms. The van der Waals surface area contributed by atoms with E-state index in [-0.39, 0.29) is 11.9 Å². The Morgan fingerprint density at radius 3 is 2.58 bits per heavy atom. The zero-order valence-electron chi connectivity index (χ0n) is 11.8. The van der Waals surface area contributed by atoms with Gasteiger partial charge in [0.2, 0.25) is 0 Å². The molecule has 0 aliphatic heterocycles. The Bertz CT molecular complexity index is 376. The van der Waals surface area contributed by atoms with Crippen molar-refractivity contribution < 1.29 is 9.53 Å². The van der Waals surface area contributed by atoms with Gasteiger partial charge in [0.25, 0.3) is 5.91 Å². The predicted octanol–water partition coefficient (Wildman–Crippen LogP) is 2.33. The van der Waals surface area contributed by atoms with Gasteiger partial charge in [-0.15, -0.1) is 0 Å². The molecule has 0 aromatic heterocycles. The predicted molar refractivity (Wildman–Crippen MR) is 77.4 cm³/mol. The van der Waals surface area contributed by atoms with E-state index >= 15 is 0 Å². The lowest BCUT2D eigenvalue weighted by Crippen LogP contribution is -2.37. The molecular formula is C15H24N2O2. The van der Waals surface area contributed by atoms with E-state index in [1.807, 2.05) is 19.1 Å². The van der Waals surface area contributed by atoms with E-state index in [1.54, 1.807) is 12.1 Å². The van der Waals surface area contributed by atoms with E-state index in [2.05, 4.69) is 12.2 Å². The summed E-state index contributed by atoms with van der Waals surface area (Å²) in [6.07, 6.45) is 3.42. The van der Waals surface area contributed by atoms with Crippen molar-refractivity contribution >= 4 is 5.91 Å². The summed E-state index contributed by atoms with van der Waals surface area (Å²) in [4.78, 5) is 11.8. The third-order valence-electron chi connectivity index (χ3n) is 2.86. The molecular weight excluding hydrogens is 240 g/mol. The van der Waals surface area contributed by atoms with Crippen LogP contribution in [0.2, 0.25) is 0 Å². The average molecular weight is 264 g/mol. The minimum absolute atomic E-state index is 0.0162. The third-order valence-corrected chi connectivity index (χ3v) is 2.86. The van der Waals surface area contributed by atoms with Gasteiger partial charge in [-0.25, -0.2) is 0 Å². The van der Waals surface area contributed by atoms with Gasteiger partial charge in [0.1, 0.15) is 5.75 Å². The molecule has 0 saturated heterocycles. The van der Waals surface area contributed by atoms with Gasteiger partial charge in [-0.2, -0.15) is 0 Å². The number of hydrogen-bond donors (Lipinski definition) is 2. The number of ether oxygens (including phenoxy) is 1. The van der Waals surface area contributed by atoms with Gasteiger partial charge in [-0.05, 0) is 37.6 Å². The maximum Gasteiger partial charge on any atom is 0.251 e. The van der Waals surface area contributed by atoms with Crippen LogP contribution in [0.3, 0.4) is 0 Å². The Balaban J connectivity index is 2.44. The van der Waals surface area contributed by atoms with Crippen molar-refractivity contribution in [3.63, 3.8) is 0 Å². The minimum Gasteiger partial charge on any atom is -0.494 e. The number of carbonyl (C=O) groups is 1. The monoisotopic (exact) mass is 264 g/mol. The molecule has 0 unspecified atom stereocenters. The largest absolute Gasteiger partial charge is 0.494 e. The molecule has 1 amide bonds. The highest BCUT2D eigenvalue weighted by molar-refractivity contribution is 5.94. The van der Waals surface area contributed by atoms with Crippen LogP contribution in [0.5, 0.6) is 5.75 Å². The molecule has 3 N–H and O–H groups in total. The van der Waals surface area contributed by atoms with E-state index in [0.717, 1.165) is 18.8 Å². The molecule has 0 aliphatic rings. The quantitative estimate of drug-likeness (QED) is 0.708. The maximum atomic E-state index is 11.8. The zero-order valence-corrected chi connectivity index (χ0v) is 11.8. The second-order valence-electron chi connectivity index (χ2n) is 4.69. The van der Waals surface area contributed by atoms with Crippen molar-refractivity contribution in [3.05, 3.63) is 29.8 Å². The SMILES string of the molecule is CCCCCOc1ccc(C(=O)N[C@@H](C)CN)cc1. The number of nitrogens with one attached hydrogen (secondary N) is 1. The number of unbranched alkanes of at least 4 members (excludes halogenated alkanes) is 2. The smallest absolute Gasteiger partial charge is 0.251 e. The molecule has 4 nitrogen and oxygen atoms in total. The second kappa shape index (κ2) is 8.53. The van der Waals surface area contributed by atoms with Crippen LogP contribution in [0.15, 0.2) is 24.3 Å². The molecule has 1 aromatic carbocycles. The first-order valence-corrected chi connectivity index (χ1v) is 6.91.